The second kappa shape index (κ2) is 6.74. The third kappa shape index (κ3) is 3.00. The van der Waals surface area contributed by atoms with E-state index >= 15 is 0 Å². The van der Waals surface area contributed by atoms with Crippen molar-refractivity contribution in [2.75, 3.05) is 5.32 Å². The fraction of sp³-hybridized carbons (Fsp3) is 0.0588. The van der Waals surface area contributed by atoms with Gasteiger partial charge in [-0.25, -0.2) is 0 Å². The minimum Gasteiger partial charge on any atom is -0.402 e. The molecule has 0 bridgehead atoms. The normalized spacial score (nSPS) is 10.8. The van der Waals surface area contributed by atoms with Gasteiger partial charge in [-0.05, 0) is 24.4 Å². The van der Waals surface area contributed by atoms with E-state index in [-0.39, 0.29) is 11.6 Å². The molecule has 1 aromatic carbocycles. The Morgan fingerprint density at radius 3 is 2.81 bits per heavy atom. The number of aromatic nitrogens is 3. The van der Waals surface area contributed by atoms with Crippen molar-refractivity contribution in [1.82, 2.24) is 15.4 Å². The van der Waals surface area contributed by atoms with E-state index in [9.17, 15) is 4.79 Å². The van der Waals surface area contributed by atoms with Gasteiger partial charge in [0, 0.05) is 5.56 Å². The highest BCUT2D eigenvalue weighted by molar-refractivity contribution is 7.13. The molecule has 3 heterocycles. The van der Waals surface area contributed by atoms with Gasteiger partial charge in [0.05, 0.1) is 9.90 Å². The smallest absolute Gasteiger partial charge is 0.322 e. The number of rotatable bonds is 4. The second-order valence-corrected chi connectivity index (χ2v) is 6.64. The third-order valence-electron chi connectivity index (χ3n) is 3.60. The molecule has 26 heavy (non-hydrogen) atoms. The highest BCUT2D eigenvalue weighted by atomic mass is 35.5. The van der Waals surface area contributed by atoms with Gasteiger partial charge >= 0.3 is 6.01 Å². The van der Waals surface area contributed by atoms with E-state index in [0.29, 0.717) is 27.9 Å². The van der Waals surface area contributed by atoms with Crippen molar-refractivity contribution in [2.45, 2.75) is 6.92 Å². The Hall–Kier alpha value is -2.97. The number of halogens is 1. The molecule has 0 saturated heterocycles. The zero-order valence-corrected chi connectivity index (χ0v) is 15.0. The molecule has 0 spiro atoms. The van der Waals surface area contributed by atoms with Crippen LogP contribution in [-0.4, -0.2) is 21.3 Å². The molecule has 0 radical (unpaired) electrons. The fourth-order valence-corrected chi connectivity index (χ4v) is 3.28. The number of hydrogen-bond donors (Lipinski definition) is 1. The van der Waals surface area contributed by atoms with E-state index < -0.39 is 5.91 Å². The Bertz CT molecular complexity index is 1070. The summed E-state index contributed by atoms with van der Waals surface area (Å²) in [6, 6.07) is 10.8. The average molecular weight is 387 g/mol. The molecule has 9 heteroatoms. The van der Waals surface area contributed by atoms with Gasteiger partial charge in [0.25, 0.3) is 11.8 Å². The maximum Gasteiger partial charge on any atom is 0.322 e. The second-order valence-electron chi connectivity index (χ2n) is 5.29. The number of nitrogens with zero attached hydrogens (tertiary/aromatic N) is 3. The largest absolute Gasteiger partial charge is 0.402 e. The number of carbonyl (C=O) groups is 1. The van der Waals surface area contributed by atoms with Crippen LogP contribution in [0.5, 0.6) is 0 Å². The summed E-state index contributed by atoms with van der Waals surface area (Å²) in [7, 11) is 0. The van der Waals surface area contributed by atoms with Crippen LogP contribution in [0.2, 0.25) is 5.02 Å². The first-order valence-corrected chi connectivity index (χ1v) is 8.79. The Morgan fingerprint density at radius 1 is 1.19 bits per heavy atom. The maximum absolute atomic E-state index is 12.7. The highest BCUT2D eigenvalue weighted by Crippen LogP contribution is 2.31. The molecule has 0 aliphatic rings. The fourth-order valence-electron chi connectivity index (χ4n) is 2.41. The Balaban J connectivity index is 1.64. The zero-order chi connectivity index (χ0) is 18.1. The number of benzene rings is 1. The lowest BCUT2D eigenvalue weighted by atomic mass is 10.1. The molecule has 1 N–H and O–H groups in total. The first-order valence-electron chi connectivity index (χ1n) is 7.53. The molecular formula is C17H11ClN4O3S. The molecule has 0 aliphatic carbocycles. The van der Waals surface area contributed by atoms with Crippen LogP contribution in [0.4, 0.5) is 6.01 Å². The summed E-state index contributed by atoms with van der Waals surface area (Å²) in [4.78, 5) is 13.5. The molecule has 0 atom stereocenters. The van der Waals surface area contributed by atoms with Crippen LogP contribution in [0.3, 0.4) is 0 Å². The average Bonchev–Trinajstić information content (AvgIpc) is 3.35. The number of thiophene rings is 1. The van der Waals surface area contributed by atoms with Gasteiger partial charge in [-0.3, -0.25) is 10.1 Å². The topological polar surface area (TPSA) is 94.1 Å². The number of carbonyl (C=O) groups excluding carboxylic acids is 1. The van der Waals surface area contributed by atoms with Crippen LogP contribution in [0, 0.1) is 6.92 Å². The van der Waals surface area contributed by atoms with Gasteiger partial charge in [0.1, 0.15) is 17.0 Å². The molecule has 0 unspecified atom stereocenters. The third-order valence-corrected chi connectivity index (χ3v) is 4.78. The van der Waals surface area contributed by atoms with Gasteiger partial charge in [0.15, 0.2) is 0 Å². The Labute approximate surface area is 156 Å². The summed E-state index contributed by atoms with van der Waals surface area (Å²) < 4.78 is 10.7. The SMILES string of the molecule is Cc1onc(-c2ccccc2Cl)c1C(=O)Nc1nnc(-c2cccs2)o1. The molecule has 3 aromatic heterocycles. The lowest BCUT2D eigenvalue weighted by molar-refractivity contribution is 0.102. The van der Waals surface area contributed by atoms with E-state index in [4.69, 9.17) is 20.5 Å². The van der Waals surface area contributed by atoms with Crippen molar-refractivity contribution in [2.24, 2.45) is 0 Å². The van der Waals surface area contributed by atoms with Crippen molar-refractivity contribution >= 4 is 34.9 Å². The van der Waals surface area contributed by atoms with E-state index in [1.54, 1.807) is 31.2 Å². The van der Waals surface area contributed by atoms with Gasteiger partial charge in [-0.15, -0.1) is 16.4 Å². The maximum atomic E-state index is 12.7. The van der Waals surface area contributed by atoms with Crippen molar-refractivity contribution in [1.29, 1.82) is 0 Å². The molecule has 0 fully saturated rings. The summed E-state index contributed by atoms with van der Waals surface area (Å²) in [5.74, 6) is 0.221. The minimum atomic E-state index is -0.472. The Morgan fingerprint density at radius 2 is 2.04 bits per heavy atom. The minimum absolute atomic E-state index is 0.0101. The van der Waals surface area contributed by atoms with Crippen LogP contribution < -0.4 is 5.32 Å². The molecule has 0 aliphatic heterocycles. The summed E-state index contributed by atoms with van der Waals surface area (Å²) in [5, 5.41) is 16.7. The summed E-state index contributed by atoms with van der Waals surface area (Å²) >= 11 is 7.67. The molecule has 1 amide bonds. The Kier molecular flexibility index (Phi) is 4.27. The molecule has 0 saturated carbocycles. The van der Waals surface area contributed by atoms with Gasteiger partial charge < -0.3 is 8.94 Å². The number of hydrogen-bond acceptors (Lipinski definition) is 7. The summed E-state index contributed by atoms with van der Waals surface area (Å²) in [6.07, 6.45) is 0. The van der Waals surface area contributed by atoms with E-state index in [1.165, 1.54) is 11.3 Å². The van der Waals surface area contributed by atoms with Crippen molar-refractivity contribution in [3.05, 3.63) is 58.1 Å². The molecule has 7 nitrogen and oxygen atoms in total. The van der Waals surface area contributed by atoms with E-state index in [2.05, 4.69) is 20.7 Å². The van der Waals surface area contributed by atoms with Gasteiger partial charge in [-0.1, -0.05) is 46.1 Å². The number of nitrogens with one attached hydrogen (secondary N) is 1. The summed E-state index contributed by atoms with van der Waals surface area (Å²) in [6.45, 7) is 1.65. The van der Waals surface area contributed by atoms with Crippen LogP contribution in [-0.2, 0) is 0 Å². The van der Waals surface area contributed by atoms with Crippen molar-refractivity contribution < 1.29 is 13.7 Å². The van der Waals surface area contributed by atoms with Gasteiger partial charge in [-0.2, -0.15) is 0 Å². The van der Waals surface area contributed by atoms with Crippen LogP contribution >= 0.6 is 22.9 Å². The number of aryl methyl sites for hydroxylation is 1. The first kappa shape index (κ1) is 16.5. The molecule has 4 aromatic rings. The predicted octanol–water partition coefficient (Wildman–Crippen LogP) is 4.67. The van der Waals surface area contributed by atoms with Gasteiger partial charge in [0.2, 0.25) is 0 Å². The lowest BCUT2D eigenvalue weighted by Crippen LogP contribution is -2.13. The van der Waals surface area contributed by atoms with Crippen LogP contribution in [0.1, 0.15) is 16.1 Å². The van der Waals surface area contributed by atoms with E-state index in [0.717, 1.165) is 4.88 Å². The van der Waals surface area contributed by atoms with E-state index in [1.807, 2.05) is 17.5 Å². The zero-order valence-electron chi connectivity index (χ0n) is 13.4. The first-order chi connectivity index (χ1) is 12.6. The molecule has 4 rings (SSSR count). The lowest BCUT2D eigenvalue weighted by Gasteiger charge is -2.03. The molecule has 130 valence electrons. The predicted molar refractivity (Wildman–Crippen MR) is 97.3 cm³/mol. The van der Waals surface area contributed by atoms with Crippen LogP contribution in [0.25, 0.3) is 22.0 Å². The standard InChI is InChI=1S/C17H11ClN4O3S/c1-9-13(14(22-25-9)10-5-2-3-6-11(10)18)15(23)19-17-21-20-16(24-17)12-7-4-8-26-12/h2-8H,1H3,(H,19,21,23). The molecular weight excluding hydrogens is 376 g/mol. The number of anilines is 1. The van der Waals surface area contributed by atoms with Crippen molar-refractivity contribution in [3.63, 3.8) is 0 Å². The quantitative estimate of drug-likeness (QED) is 0.547. The summed E-state index contributed by atoms with van der Waals surface area (Å²) in [5.41, 5.74) is 1.21. The number of amides is 1. The van der Waals surface area contributed by atoms with Crippen LogP contribution in [0.15, 0.2) is 50.7 Å². The monoisotopic (exact) mass is 386 g/mol. The van der Waals surface area contributed by atoms with Crippen molar-refractivity contribution in [3.8, 4) is 22.0 Å². The highest BCUT2D eigenvalue weighted by Gasteiger charge is 2.24.